The highest BCUT2D eigenvalue weighted by Crippen LogP contribution is 2.38. The molecule has 1 aliphatic rings. The fraction of sp³-hybridized carbons (Fsp3) is 0.0588. The van der Waals surface area contributed by atoms with Crippen LogP contribution in [0, 0.1) is 0 Å². The highest BCUT2D eigenvalue weighted by Gasteiger charge is 2.36. The molecule has 0 aromatic heterocycles. The van der Waals surface area contributed by atoms with Crippen LogP contribution in [0.5, 0.6) is 0 Å². The van der Waals surface area contributed by atoms with Crippen LogP contribution in [0.1, 0.15) is 11.1 Å². The Morgan fingerprint density at radius 3 is 2.52 bits per heavy atom. The molecule has 3 rings (SSSR count). The van der Waals surface area contributed by atoms with Crippen LogP contribution in [0.2, 0.25) is 0 Å². The monoisotopic (exact) mass is 443 g/mol. The smallest absolute Gasteiger partial charge is 0.268 e. The largest absolute Gasteiger partial charge is 0.416 e. The number of thiocarbonyl (C=S) groups is 1. The molecule has 1 saturated heterocycles. The summed E-state index contributed by atoms with van der Waals surface area (Å²) < 4.78 is 39.7. The van der Waals surface area contributed by atoms with Crippen molar-refractivity contribution in [1.29, 1.82) is 0 Å². The third kappa shape index (κ3) is 3.96. The molecule has 25 heavy (non-hydrogen) atoms. The fourth-order valence-electron chi connectivity index (χ4n) is 2.26. The number of carbonyl (C=O) groups is 1. The summed E-state index contributed by atoms with van der Waals surface area (Å²) in [5.74, 6) is -0.436. The van der Waals surface area contributed by atoms with Gasteiger partial charge in [-0.15, -0.1) is 0 Å². The molecule has 0 bridgehead atoms. The van der Waals surface area contributed by atoms with Gasteiger partial charge in [0.1, 0.15) is 0 Å². The van der Waals surface area contributed by atoms with Crippen molar-refractivity contribution in [3.8, 4) is 0 Å². The first-order valence-electron chi connectivity index (χ1n) is 6.96. The van der Waals surface area contributed by atoms with Crippen molar-refractivity contribution in [3.05, 3.63) is 69.0 Å². The van der Waals surface area contributed by atoms with Gasteiger partial charge < -0.3 is 0 Å². The summed E-state index contributed by atoms with van der Waals surface area (Å²) >= 11 is 9.60. The van der Waals surface area contributed by atoms with E-state index in [4.69, 9.17) is 12.2 Å². The predicted molar refractivity (Wildman–Crippen MR) is 101 cm³/mol. The van der Waals surface area contributed by atoms with Crippen molar-refractivity contribution in [2.24, 2.45) is 0 Å². The Morgan fingerprint density at radius 2 is 1.84 bits per heavy atom. The molecule has 128 valence electrons. The zero-order valence-electron chi connectivity index (χ0n) is 12.4. The molecule has 0 radical (unpaired) electrons. The average Bonchev–Trinajstić information content (AvgIpc) is 2.81. The highest BCUT2D eigenvalue weighted by molar-refractivity contribution is 9.10. The van der Waals surface area contributed by atoms with E-state index in [9.17, 15) is 18.0 Å². The van der Waals surface area contributed by atoms with E-state index in [1.807, 2.05) is 24.3 Å². The van der Waals surface area contributed by atoms with Gasteiger partial charge >= 0.3 is 6.18 Å². The third-order valence-corrected chi connectivity index (χ3v) is 5.17. The topological polar surface area (TPSA) is 20.3 Å². The van der Waals surface area contributed by atoms with Gasteiger partial charge in [-0.25, -0.2) is 0 Å². The van der Waals surface area contributed by atoms with E-state index >= 15 is 0 Å². The lowest BCUT2D eigenvalue weighted by molar-refractivity contribution is -0.137. The van der Waals surface area contributed by atoms with E-state index in [2.05, 4.69) is 15.9 Å². The van der Waals surface area contributed by atoms with Gasteiger partial charge in [0.2, 0.25) is 0 Å². The molecular weight excluding hydrogens is 435 g/mol. The van der Waals surface area contributed by atoms with Crippen molar-refractivity contribution in [3.63, 3.8) is 0 Å². The van der Waals surface area contributed by atoms with Gasteiger partial charge in [-0.3, -0.25) is 9.69 Å². The number of benzene rings is 2. The molecule has 0 N–H and O–H groups in total. The molecule has 2 aromatic rings. The van der Waals surface area contributed by atoms with Crippen molar-refractivity contribution >= 4 is 61.9 Å². The quantitative estimate of drug-likeness (QED) is 0.427. The number of rotatable bonds is 2. The lowest BCUT2D eigenvalue weighted by Gasteiger charge is -2.16. The van der Waals surface area contributed by atoms with E-state index in [1.165, 1.54) is 12.1 Å². The van der Waals surface area contributed by atoms with Gasteiger partial charge in [0.05, 0.1) is 16.2 Å². The summed E-state index contributed by atoms with van der Waals surface area (Å²) in [7, 11) is 0. The lowest BCUT2D eigenvalue weighted by atomic mass is 10.1. The van der Waals surface area contributed by atoms with Gasteiger partial charge in [0, 0.05) is 4.47 Å². The van der Waals surface area contributed by atoms with Crippen LogP contribution >= 0.6 is 39.9 Å². The second-order valence-corrected chi connectivity index (χ2v) is 7.71. The van der Waals surface area contributed by atoms with Crippen LogP contribution in [0.25, 0.3) is 6.08 Å². The maximum Gasteiger partial charge on any atom is 0.416 e. The average molecular weight is 444 g/mol. The zero-order chi connectivity index (χ0) is 18.2. The van der Waals surface area contributed by atoms with E-state index in [0.717, 1.165) is 38.8 Å². The maximum atomic E-state index is 12.9. The summed E-state index contributed by atoms with van der Waals surface area (Å²) in [5, 5.41) is 0. The molecule has 0 saturated carbocycles. The summed E-state index contributed by atoms with van der Waals surface area (Å²) in [6, 6.07) is 11.9. The van der Waals surface area contributed by atoms with Crippen molar-refractivity contribution in [1.82, 2.24) is 0 Å². The molecule has 2 nitrogen and oxygen atoms in total. The molecule has 1 amide bonds. The van der Waals surface area contributed by atoms with E-state index in [-0.39, 0.29) is 10.0 Å². The summed E-state index contributed by atoms with van der Waals surface area (Å²) in [6.07, 6.45) is -2.82. The number of thioether (sulfide) groups is 1. The first-order chi connectivity index (χ1) is 11.8. The molecule has 0 aliphatic carbocycles. The summed E-state index contributed by atoms with van der Waals surface area (Å²) in [4.78, 5) is 14.1. The Morgan fingerprint density at radius 1 is 1.12 bits per heavy atom. The predicted octanol–water partition coefficient (Wildman–Crippen LogP) is 5.87. The van der Waals surface area contributed by atoms with Gasteiger partial charge in [0.15, 0.2) is 4.32 Å². The third-order valence-electron chi connectivity index (χ3n) is 3.37. The maximum absolute atomic E-state index is 12.9. The zero-order valence-corrected chi connectivity index (χ0v) is 15.6. The van der Waals surface area contributed by atoms with E-state index in [1.54, 1.807) is 6.08 Å². The first kappa shape index (κ1) is 18.2. The van der Waals surface area contributed by atoms with E-state index in [0.29, 0.717) is 4.91 Å². The number of hydrogen-bond donors (Lipinski definition) is 0. The van der Waals surface area contributed by atoms with Gasteiger partial charge in [-0.1, -0.05) is 58.1 Å². The van der Waals surface area contributed by atoms with Crippen LogP contribution in [-0.2, 0) is 11.0 Å². The van der Waals surface area contributed by atoms with Gasteiger partial charge in [-0.2, -0.15) is 13.2 Å². The van der Waals surface area contributed by atoms with Gasteiger partial charge in [0.25, 0.3) is 5.91 Å². The van der Waals surface area contributed by atoms with Crippen molar-refractivity contribution < 1.29 is 18.0 Å². The Hall–Kier alpha value is -1.64. The highest BCUT2D eigenvalue weighted by atomic mass is 79.9. The number of nitrogens with zero attached hydrogens (tertiary/aromatic N) is 1. The second-order valence-electron chi connectivity index (χ2n) is 5.12. The van der Waals surface area contributed by atoms with Crippen LogP contribution in [0.3, 0.4) is 0 Å². The molecule has 0 spiro atoms. The minimum absolute atomic E-state index is 0.106. The van der Waals surface area contributed by atoms with Crippen molar-refractivity contribution in [2.45, 2.75) is 6.18 Å². The summed E-state index contributed by atoms with van der Waals surface area (Å²) in [6.45, 7) is 0. The van der Waals surface area contributed by atoms with Crippen LogP contribution < -0.4 is 4.90 Å². The molecular formula is C17H9BrF3NOS2. The minimum atomic E-state index is -4.48. The second kappa shape index (κ2) is 6.93. The molecule has 1 heterocycles. The first-order valence-corrected chi connectivity index (χ1v) is 8.98. The number of halogens is 4. The Kier molecular flexibility index (Phi) is 5.04. The van der Waals surface area contributed by atoms with Gasteiger partial charge in [-0.05, 0) is 42.0 Å². The van der Waals surface area contributed by atoms with Crippen LogP contribution in [-0.4, -0.2) is 10.2 Å². The molecule has 0 atom stereocenters. The molecule has 1 fully saturated rings. The SMILES string of the molecule is O=C1/C(=C/c2cccc(Br)c2)SC(=S)N1c1cccc(C(F)(F)F)c1. The van der Waals surface area contributed by atoms with Crippen molar-refractivity contribution in [2.75, 3.05) is 4.90 Å². The fourth-order valence-corrected chi connectivity index (χ4v) is 3.98. The number of hydrogen-bond acceptors (Lipinski definition) is 3. The van der Waals surface area contributed by atoms with Crippen LogP contribution in [0.15, 0.2) is 57.9 Å². The molecule has 2 aromatic carbocycles. The number of amides is 1. The summed E-state index contributed by atoms with van der Waals surface area (Å²) in [5.41, 5.74) is 0.0731. The van der Waals surface area contributed by atoms with E-state index < -0.39 is 17.6 Å². The minimum Gasteiger partial charge on any atom is -0.268 e. The Balaban J connectivity index is 1.95. The Bertz CT molecular complexity index is 895. The lowest BCUT2D eigenvalue weighted by Crippen LogP contribution is -2.27. The number of anilines is 1. The molecule has 1 aliphatic heterocycles. The Labute approximate surface area is 159 Å². The van der Waals surface area contributed by atoms with Crippen LogP contribution in [0.4, 0.5) is 18.9 Å². The number of carbonyl (C=O) groups excluding carboxylic acids is 1. The normalized spacial score (nSPS) is 16.8. The molecule has 0 unspecified atom stereocenters. The molecule has 8 heteroatoms. The standard InChI is InChI=1S/C17H9BrF3NOS2/c18-12-5-1-3-10(7-12)8-14-15(23)22(16(24)25-14)13-6-2-4-11(9-13)17(19,20)21/h1-9H/b14-8-. The number of alkyl halides is 3.